The van der Waals surface area contributed by atoms with Crippen molar-refractivity contribution < 1.29 is 90.5 Å². The Bertz CT molecular complexity index is 1730. The van der Waals surface area contributed by atoms with Gasteiger partial charge in [-0.2, -0.15) is 0 Å². The second-order valence-corrected chi connectivity index (χ2v) is 18.0. The largest absolute Gasteiger partial charge is 0.463 e. The minimum atomic E-state index is -1.75. The molecule has 0 radical (unpaired) electrons. The summed E-state index contributed by atoms with van der Waals surface area (Å²) >= 11 is 5.71. The summed E-state index contributed by atoms with van der Waals surface area (Å²) in [5.41, 5.74) is 9.74. The summed E-state index contributed by atoms with van der Waals surface area (Å²) in [4.78, 5) is 54.0. The van der Waals surface area contributed by atoms with Crippen molar-refractivity contribution in [3.05, 3.63) is 46.3 Å². The number of unbranched alkanes of at least 4 members (excludes halogenated alkanes) is 5. The molecular weight excluding hydrogens is 994 g/mol. The second-order valence-electron chi connectivity index (χ2n) is 17.8. The molecule has 1 saturated heterocycles. The Labute approximate surface area is 441 Å². The van der Waals surface area contributed by atoms with Crippen LogP contribution in [-0.2, 0) is 75.5 Å². The zero-order valence-electron chi connectivity index (χ0n) is 44.6. The fourth-order valence-corrected chi connectivity index (χ4v) is 7.74. The van der Waals surface area contributed by atoms with Crippen LogP contribution in [-0.4, -0.2) is 180 Å². The second kappa shape index (κ2) is 39.6. The zero-order valence-corrected chi connectivity index (χ0v) is 45.3. The molecule has 0 spiro atoms. The maximum absolute atomic E-state index is 14.3. The van der Waals surface area contributed by atoms with Gasteiger partial charge in [-0.3, -0.25) is 18.7 Å². The number of hydrogen-bond donors (Lipinski definition) is 2. The van der Waals surface area contributed by atoms with Crippen molar-refractivity contribution in [2.75, 3.05) is 66.1 Å². The Morgan fingerprint density at radius 1 is 0.635 bits per heavy atom. The average Bonchev–Trinajstić information content (AvgIpc) is 3.37. The maximum atomic E-state index is 14.3. The van der Waals surface area contributed by atoms with E-state index in [0.29, 0.717) is 51.6 Å². The molecule has 0 amide bonds. The maximum Gasteiger partial charge on any atom is 0.338 e. The van der Waals surface area contributed by atoms with E-state index >= 15 is 0 Å². The molecule has 424 valence electrons. The van der Waals surface area contributed by atoms with Crippen molar-refractivity contribution in [3.63, 3.8) is 0 Å². The van der Waals surface area contributed by atoms with Crippen LogP contribution in [0.5, 0.6) is 0 Å². The number of rotatable bonds is 42. The van der Waals surface area contributed by atoms with Crippen molar-refractivity contribution in [2.24, 2.45) is 5.11 Å². The lowest BCUT2D eigenvalue weighted by Crippen LogP contribution is -2.64. The van der Waals surface area contributed by atoms with Crippen molar-refractivity contribution in [1.82, 2.24) is 0 Å². The number of azide groups is 1. The SMILES string of the molecule is CCCCOC1[C@@H](O[C@@H](C(O)COC(C)=O)[C@H](OCCCC)C(CO[C@H](C(O)COC(C)=O)[C@H](OCCCC)C(COCl)N=[N+]=[N-])OC(=O)c2ccccc2)OC(COC(C)=O)[C@H](OCCCC)[C@@H]1OCCCC. The molecule has 0 aromatic heterocycles. The minimum Gasteiger partial charge on any atom is -0.463 e. The first kappa shape index (κ1) is 66.4. The van der Waals surface area contributed by atoms with Gasteiger partial charge in [0.15, 0.2) is 12.4 Å². The highest BCUT2D eigenvalue weighted by atomic mass is 35.5. The molecule has 1 aliphatic heterocycles. The van der Waals surface area contributed by atoms with Crippen LogP contribution in [0.2, 0.25) is 0 Å². The number of benzene rings is 1. The van der Waals surface area contributed by atoms with Gasteiger partial charge >= 0.3 is 23.9 Å². The molecule has 0 aliphatic carbocycles. The van der Waals surface area contributed by atoms with Gasteiger partial charge in [0.05, 0.1) is 42.8 Å². The van der Waals surface area contributed by atoms with Crippen LogP contribution >= 0.6 is 11.9 Å². The number of ether oxygens (including phenoxy) is 12. The number of aliphatic hydroxyl groups excluding tert-OH is 2. The van der Waals surface area contributed by atoms with Gasteiger partial charge in [0.1, 0.15) is 74.8 Å². The lowest BCUT2D eigenvalue weighted by atomic mass is 9.97. The van der Waals surface area contributed by atoms with Gasteiger partial charge in [-0.25, -0.2) is 4.79 Å². The fraction of sp³-hybridized carbons (Fsp3) is 0.804. The molecular formula is C51H84ClN3O19. The third-order valence-electron chi connectivity index (χ3n) is 11.6. The van der Waals surface area contributed by atoms with Gasteiger partial charge in [0.2, 0.25) is 0 Å². The molecule has 2 rings (SSSR count). The summed E-state index contributed by atoms with van der Waals surface area (Å²) in [6, 6.07) is 6.77. The monoisotopic (exact) mass is 1080 g/mol. The quantitative estimate of drug-likeness (QED) is 0.0168. The molecule has 23 heteroatoms. The van der Waals surface area contributed by atoms with Crippen molar-refractivity contribution in [1.29, 1.82) is 0 Å². The van der Waals surface area contributed by atoms with E-state index in [2.05, 4.69) is 10.0 Å². The number of halogens is 1. The van der Waals surface area contributed by atoms with Crippen LogP contribution in [0.25, 0.3) is 10.4 Å². The van der Waals surface area contributed by atoms with Gasteiger partial charge in [-0.15, -0.1) is 0 Å². The highest BCUT2D eigenvalue weighted by Gasteiger charge is 2.52. The average molecular weight is 1080 g/mol. The predicted octanol–water partition coefficient (Wildman–Crippen LogP) is 6.89. The summed E-state index contributed by atoms with van der Waals surface area (Å²) in [6.45, 7) is 11.7. The normalized spacial score (nSPS) is 20.9. The van der Waals surface area contributed by atoms with Crippen LogP contribution in [0.15, 0.2) is 35.4 Å². The molecule has 1 fully saturated rings. The highest BCUT2D eigenvalue weighted by Crippen LogP contribution is 2.33. The van der Waals surface area contributed by atoms with Gasteiger partial charge < -0.3 is 67.1 Å². The van der Waals surface area contributed by atoms with Crippen LogP contribution in [0.4, 0.5) is 0 Å². The van der Waals surface area contributed by atoms with E-state index in [4.69, 9.17) is 73.0 Å². The smallest absolute Gasteiger partial charge is 0.338 e. The zero-order chi connectivity index (χ0) is 54.7. The number of esters is 4. The van der Waals surface area contributed by atoms with Gasteiger partial charge in [0.25, 0.3) is 0 Å². The molecule has 6 unspecified atom stereocenters. The first-order valence-corrected chi connectivity index (χ1v) is 26.3. The standard InChI is InChI=1S/C51H84ClN3O19/c1-9-14-24-62-43(38(29-71-52)54-55-53)44(39(59)30-67-34(6)56)70-33-41(72-50(61)37-22-20-19-21-23-37)46(63-25-15-10-2)45(40(60)31-68-35(7)57)74-51-49(66-28-18-13-5)48(65-27-17-12-4)47(64-26-16-11-3)42(73-51)32-69-36(8)58/h19-23,38-49,51,59-60H,9-18,24-33H2,1-8H3/t38?,39?,40?,41?,42?,43-,44-,45+,46-,47+,48+,49?,51-/m1/s1. The van der Waals surface area contributed by atoms with Crippen LogP contribution in [0.3, 0.4) is 0 Å². The minimum absolute atomic E-state index is 0.00109. The number of hydrogen-bond acceptors (Lipinski definition) is 20. The molecule has 2 N–H and O–H groups in total. The van der Waals surface area contributed by atoms with Crippen LogP contribution < -0.4 is 0 Å². The Kier molecular flexibility index (Phi) is 35.5. The molecule has 13 atom stereocenters. The van der Waals surface area contributed by atoms with E-state index in [1.807, 2.05) is 34.6 Å². The summed E-state index contributed by atoms with van der Waals surface area (Å²) in [6.07, 6.45) is -9.58. The van der Waals surface area contributed by atoms with Crippen LogP contribution in [0.1, 0.15) is 130 Å². The van der Waals surface area contributed by atoms with Gasteiger partial charge in [0, 0.05) is 58.7 Å². The van der Waals surface area contributed by atoms with Crippen molar-refractivity contribution >= 4 is 35.7 Å². The summed E-state index contributed by atoms with van der Waals surface area (Å²) < 4.78 is 79.9. The first-order valence-electron chi connectivity index (χ1n) is 26.0. The molecule has 22 nitrogen and oxygen atoms in total. The molecule has 1 aromatic carbocycles. The van der Waals surface area contributed by atoms with Crippen LogP contribution in [0, 0.1) is 0 Å². The van der Waals surface area contributed by atoms with E-state index in [9.17, 15) is 34.9 Å². The highest BCUT2D eigenvalue weighted by molar-refractivity contribution is 6.07. The molecule has 1 aromatic rings. The van der Waals surface area contributed by atoms with Crippen molar-refractivity contribution in [3.8, 4) is 0 Å². The molecule has 0 bridgehead atoms. The molecule has 1 aliphatic rings. The van der Waals surface area contributed by atoms with Gasteiger partial charge in [-0.1, -0.05) is 90.0 Å². The Morgan fingerprint density at radius 2 is 1.14 bits per heavy atom. The Balaban J connectivity index is 3.03. The predicted molar refractivity (Wildman–Crippen MR) is 269 cm³/mol. The molecule has 74 heavy (non-hydrogen) atoms. The Hall–Kier alpha value is -3.74. The number of aliphatic hydroxyl groups is 2. The van der Waals surface area contributed by atoms with E-state index in [1.165, 1.54) is 19.1 Å². The topological polar surface area (TPSA) is 277 Å². The van der Waals surface area contributed by atoms with E-state index in [1.54, 1.807) is 18.2 Å². The first-order chi connectivity index (χ1) is 35.7. The lowest BCUT2D eigenvalue weighted by molar-refractivity contribution is -0.345. The summed E-state index contributed by atoms with van der Waals surface area (Å²) in [5, 5.41) is 27.9. The van der Waals surface area contributed by atoms with E-state index in [-0.39, 0.29) is 38.6 Å². The third kappa shape index (κ3) is 24.9. The van der Waals surface area contributed by atoms with Gasteiger partial charge in [-0.05, 0) is 49.8 Å². The summed E-state index contributed by atoms with van der Waals surface area (Å²) in [5.74, 6) is -2.90. The van der Waals surface area contributed by atoms with E-state index in [0.717, 1.165) is 33.1 Å². The number of nitrogens with zero attached hydrogens (tertiary/aromatic N) is 3. The van der Waals surface area contributed by atoms with Crippen molar-refractivity contribution in [2.45, 2.75) is 199 Å². The molecule has 0 saturated carbocycles. The lowest BCUT2D eigenvalue weighted by Gasteiger charge is -2.47. The number of carbonyl (C=O) groups excluding carboxylic acids is 4. The fourth-order valence-electron chi connectivity index (χ4n) is 7.61. The molecule has 1 heterocycles. The van der Waals surface area contributed by atoms with E-state index < -0.39 is 130 Å². The Morgan fingerprint density at radius 3 is 1.65 bits per heavy atom. The summed E-state index contributed by atoms with van der Waals surface area (Å²) in [7, 11) is 0. The third-order valence-corrected chi connectivity index (χ3v) is 11.7. The number of carbonyl (C=O) groups is 4.